The molecule has 2 amide bonds. The summed E-state index contributed by atoms with van der Waals surface area (Å²) in [5, 5.41) is 5.64. The molecule has 1 heterocycles. The molecule has 0 aliphatic carbocycles. The van der Waals surface area contributed by atoms with Crippen LogP contribution in [-0.2, 0) is 4.79 Å². The first-order valence-corrected chi connectivity index (χ1v) is 5.84. The van der Waals surface area contributed by atoms with Crippen LogP contribution in [0.15, 0.2) is 18.3 Å². The monoisotopic (exact) mass is 250 g/mol. The van der Waals surface area contributed by atoms with Gasteiger partial charge in [0.2, 0.25) is 5.91 Å². The molecule has 1 rings (SSSR count). The van der Waals surface area contributed by atoms with Gasteiger partial charge in [-0.2, -0.15) is 0 Å². The Labute approximate surface area is 106 Å². The Kier molecular flexibility index (Phi) is 5.63. The number of nitrogens with one attached hydrogen (secondary N) is 2. The van der Waals surface area contributed by atoms with Gasteiger partial charge in [0.1, 0.15) is 5.82 Å². The zero-order valence-corrected chi connectivity index (χ0v) is 10.4. The maximum Gasteiger partial charge on any atom is 0.255 e. The molecule has 0 aliphatic heterocycles. The van der Waals surface area contributed by atoms with Gasteiger partial charge in [0, 0.05) is 26.2 Å². The molecule has 0 saturated heterocycles. The van der Waals surface area contributed by atoms with Crippen molar-refractivity contribution in [1.29, 1.82) is 0 Å². The van der Waals surface area contributed by atoms with Gasteiger partial charge >= 0.3 is 0 Å². The van der Waals surface area contributed by atoms with Crippen molar-refractivity contribution in [3.63, 3.8) is 0 Å². The van der Waals surface area contributed by atoms with Gasteiger partial charge in [-0.05, 0) is 25.0 Å². The zero-order valence-electron chi connectivity index (χ0n) is 10.4. The number of pyridine rings is 1. The molecule has 0 bridgehead atoms. The Bertz CT molecular complexity index is 420. The first-order chi connectivity index (χ1) is 8.65. The zero-order chi connectivity index (χ0) is 13.4. The van der Waals surface area contributed by atoms with Crippen molar-refractivity contribution in [2.45, 2.75) is 19.3 Å². The van der Waals surface area contributed by atoms with Crippen molar-refractivity contribution >= 4 is 17.6 Å². The second kappa shape index (κ2) is 7.26. The van der Waals surface area contributed by atoms with E-state index < -0.39 is 0 Å². The summed E-state index contributed by atoms with van der Waals surface area (Å²) in [5.41, 5.74) is 5.53. The molecule has 98 valence electrons. The summed E-state index contributed by atoms with van der Waals surface area (Å²) in [6.07, 6.45) is 3.38. The van der Waals surface area contributed by atoms with Gasteiger partial charge in [-0.3, -0.25) is 9.59 Å². The fourth-order valence-electron chi connectivity index (χ4n) is 1.51. The number of hydrogen-bond donors (Lipinski definition) is 3. The lowest BCUT2D eigenvalue weighted by Crippen LogP contribution is -2.25. The Morgan fingerprint density at radius 3 is 2.83 bits per heavy atom. The van der Waals surface area contributed by atoms with Crippen LogP contribution in [0.1, 0.15) is 29.6 Å². The fraction of sp³-hybridized carbons (Fsp3) is 0.417. The van der Waals surface area contributed by atoms with Crippen LogP contribution in [-0.4, -0.2) is 30.4 Å². The molecule has 0 saturated carbocycles. The third-order valence-corrected chi connectivity index (χ3v) is 2.42. The Morgan fingerprint density at radius 1 is 1.39 bits per heavy atom. The van der Waals surface area contributed by atoms with Crippen LogP contribution < -0.4 is 16.4 Å². The lowest BCUT2D eigenvalue weighted by Gasteiger charge is -2.08. The van der Waals surface area contributed by atoms with Crippen molar-refractivity contribution in [2.24, 2.45) is 5.73 Å². The summed E-state index contributed by atoms with van der Waals surface area (Å²) in [6.45, 7) is 0.518. The number of unbranched alkanes of at least 4 members (excludes halogenated alkanes) is 1. The number of nitrogens with two attached hydrogens (primary N) is 1. The normalized spacial score (nSPS) is 9.83. The molecule has 1 aromatic heterocycles. The Hall–Kier alpha value is -2.11. The minimum absolute atomic E-state index is 0.175. The van der Waals surface area contributed by atoms with Crippen LogP contribution in [0.5, 0.6) is 0 Å². The highest BCUT2D eigenvalue weighted by Crippen LogP contribution is 2.09. The minimum Gasteiger partial charge on any atom is -0.372 e. The number of primary amides is 1. The summed E-state index contributed by atoms with van der Waals surface area (Å²) < 4.78 is 0. The molecule has 0 fully saturated rings. The third-order valence-electron chi connectivity index (χ3n) is 2.42. The van der Waals surface area contributed by atoms with Crippen LogP contribution in [0.4, 0.5) is 5.82 Å². The number of aromatic nitrogens is 1. The summed E-state index contributed by atoms with van der Waals surface area (Å²) in [5.74, 6) is 0.0599. The second-order valence-electron chi connectivity index (χ2n) is 3.83. The maximum atomic E-state index is 11.8. The van der Waals surface area contributed by atoms with Gasteiger partial charge < -0.3 is 16.4 Å². The number of carbonyl (C=O) groups is 2. The summed E-state index contributed by atoms with van der Waals surface area (Å²) >= 11 is 0. The quantitative estimate of drug-likeness (QED) is 0.614. The molecule has 0 atom stereocenters. The second-order valence-corrected chi connectivity index (χ2v) is 3.83. The van der Waals surface area contributed by atoms with Crippen LogP contribution in [0, 0.1) is 0 Å². The fourth-order valence-corrected chi connectivity index (χ4v) is 1.51. The molecule has 1 aromatic rings. The summed E-state index contributed by atoms with van der Waals surface area (Å²) in [4.78, 5) is 26.4. The predicted molar refractivity (Wildman–Crippen MR) is 69.2 cm³/mol. The first-order valence-electron chi connectivity index (χ1n) is 5.84. The van der Waals surface area contributed by atoms with Crippen LogP contribution in [0.2, 0.25) is 0 Å². The molecule has 6 nitrogen and oxygen atoms in total. The third kappa shape index (κ3) is 4.40. The lowest BCUT2D eigenvalue weighted by molar-refractivity contribution is -0.118. The van der Waals surface area contributed by atoms with E-state index in [1.54, 1.807) is 25.4 Å². The van der Waals surface area contributed by atoms with Gasteiger partial charge in [0.25, 0.3) is 5.91 Å². The summed E-state index contributed by atoms with van der Waals surface area (Å²) in [6, 6.07) is 3.42. The van der Waals surface area contributed by atoms with Crippen molar-refractivity contribution < 1.29 is 9.59 Å². The number of amides is 2. The van der Waals surface area contributed by atoms with Gasteiger partial charge in [0.05, 0.1) is 5.56 Å². The highest BCUT2D eigenvalue weighted by Gasteiger charge is 2.10. The van der Waals surface area contributed by atoms with Crippen molar-refractivity contribution in [1.82, 2.24) is 10.3 Å². The number of carbonyl (C=O) groups excluding carboxylic acids is 2. The first kappa shape index (κ1) is 14.0. The number of hydrogen-bond acceptors (Lipinski definition) is 4. The molecular formula is C12H18N4O2. The van der Waals surface area contributed by atoms with Crippen LogP contribution >= 0.6 is 0 Å². The van der Waals surface area contributed by atoms with Gasteiger partial charge in [-0.25, -0.2) is 4.98 Å². The van der Waals surface area contributed by atoms with Crippen LogP contribution in [0.25, 0.3) is 0 Å². The number of anilines is 1. The number of nitrogens with zero attached hydrogens (tertiary/aromatic N) is 1. The standard InChI is InChI=1S/C12H18N4O2/c1-14-11-9(5-4-8-15-11)12(18)16-7-3-2-6-10(13)17/h4-5,8H,2-3,6-7H2,1H3,(H2,13,17)(H,14,15)(H,16,18). The molecule has 6 heteroatoms. The maximum absolute atomic E-state index is 11.8. The van der Waals surface area contributed by atoms with Crippen molar-refractivity contribution in [3.05, 3.63) is 23.9 Å². The highest BCUT2D eigenvalue weighted by molar-refractivity contribution is 5.98. The Balaban J connectivity index is 2.38. The van der Waals surface area contributed by atoms with E-state index in [1.807, 2.05) is 0 Å². The minimum atomic E-state index is -0.314. The molecule has 4 N–H and O–H groups in total. The summed E-state index contributed by atoms with van der Waals surface area (Å²) in [7, 11) is 1.71. The van der Waals surface area contributed by atoms with E-state index in [0.29, 0.717) is 30.8 Å². The average molecular weight is 250 g/mol. The molecule has 18 heavy (non-hydrogen) atoms. The van der Waals surface area contributed by atoms with Crippen molar-refractivity contribution in [2.75, 3.05) is 18.9 Å². The van der Waals surface area contributed by atoms with E-state index in [-0.39, 0.29) is 11.8 Å². The average Bonchev–Trinajstić information content (AvgIpc) is 2.37. The molecule has 0 aliphatic rings. The van der Waals surface area contributed by atoms with E-state index in [4.69, 9.17) is 5.73 Å². The van der Waals surface area contributed by atoms with Gasteiger partial charge in [-0.15, -0.1) is 0 Å². The molecule has 0 radical (unpaired) electrons. The Morgan fingerprint density at radius 2 is 2.17 bits per heavy atom. The number of rotatable bonds is 7. The SMILES string of the molecule is CNc1ncccc1C(=O)NCCCCC(N)=O. The van der Waals surface area contributed by atoms with E-state index >= 15 is 0 Å². The highest BCUT2D eigenvalue weighted by atomic mass is 16.2. The molecule has 0 unspecified atom stereocenters. The molecule has 0 spiro atoms. The molecular weight excluding hydrogens is 232 g/mol. The molecule has 0 aromatic carbocycles. The lowest BCUT2D eigenvalue weighted by atomic mass is 10.2. The smallest absolute Gasteiger partial charge is 0.255 e. The van der Waals surface area contributed by atoms with E-state index in [0.717, 1.165) is 6.42 Å². The van der Waals surface area contributed by atoms with E-state index in [1.165, 1.54) is 0 Å². The van der Waals surface area contributed by atoms with Crippen molar-refractivity contribution in [3.8, 4) is 0 Å². The van der Waals surface area contributed by atoms with Gasteiger partial charge in [-0.1, -0.05) is 0 Å². The largest absolute Gasteiger partial charge is 0.372 e. The predicted octanol–water partition coefficient (Wildman–Crippen LogP) is 0.509. The topological polar surface area (TPSA) is 97.1 Å². The van der Waals surface area contributed by atoms with Crippen LogP contribution in [0.3, 0.4) is 0 Å². The van der Waals surface area contributed by atoms with Gasteiger partial charge in [0.15, 0.2) is 0 Å². The van der Waals surface area contributed by atoms with E-state index in [2.05, 4.69) is 15.6 Å². The van der Waals surface area contributed by atoms with E-state index in [9.17, 15) is 9.59 Å².